The van der Waals surface area contributed by atoms with E-state index >= 15 is 0 Å². The van der Waals surface area contributed by atoms with Gasteiger partial charge in [0.2, 0.25) is 0 Å². The van der Waals surface area contributed by atoms with Gasteiger partial charge in [0.25, 0.3) is 0 Å². The molecular formula is C12H17BrN2O2S. The van der Waals surface area contributed by atoms with E-state index in [1.165, 1.54) is 0 Å². The maximum atomic E-state index is 11.5. The molecule has 1 aliphatic heterocycles. The Labute approximate surface area is 116 Å². The Morgan fingerprint density at radius 2 is 1.94 bits per heavy atom. The first-order chi connectivity index (χ1) is 8.39. The highest BCUT2D eigenvalue weighted by Gasteiger charge is 2.23. The largest absolute Gasteiger partial charge is 0.369 e. The van der Waals surface area contributed by atoms with Crippen molar-refractivity contribution in [3.05, 3.63) is 28.2 Å². The van der Waals surface area contributed by atoms with E-state index in [0.29, 0.717) is 13.1 Å². The van der Waals surface area contributed by atoms with Crippen molar-refractivity contribution >= 4 is 31.5 Å². The average Bonchev–Trinajstić information content (AvgIpc) is 2.28. The van der Waals surface area contributed by atoms with E-state index in [1.807, 2.05) is 25.1 Å². The first kappa shape index (κ1) is 13.8. The van der Waals surface area contributed by atoms with Crippen molar-refractivity contribution in [3.8, 4) is 0 Å². The van der Waals surface area contributed by atoms with Crippen molar-refractivity contribution in [2.75, 3.05) is 29.5 Å². The molecule has 0 radical (unpaired) electrons. The number of nitrogens with two attached hydrogens (primary N) is 1. The summed E-state index contributed by atoms with van der Waals surface area (Å²) >= 11 is 3.45. The zero-order chi connectivity index (χ0) is 13.3. The van der Waals surface area contributed by atoms with Gasteiger partial charge in [-0.25, -0.2) is 8.42 Å². The molecule has 1 unspecified atom stereocenters. The van der Waals surface area contributed by atoms with Crippen LogP contribution in [0.3, 0.4) is 0 Å². The molecule has 2 rings (SSSR count). The molecule has 6 heteroatoms. The van der Waals surface area contributed by atoms with Crippen LogP contribution >= 0.6 is 15.9 Å². The third kappa shape index (κ3) is 3.05. The van der Waals surface area contributed by atoms with Gasteiger partial charge in [0.1, 0.15) is 0 Å². The number of rotatable bonds is 2. The minimum Gasteiger partial charge on any atom is -0.369 e. The van der Waals surface area contributed by atoms with Crippen LogP contribution in [0, 0.1) is 0 Å². The molecule has 1 saturated heterocycles. The molecule has 0 bridgehead atoms. The normalized spacial score (nSPS) is 20.7. The Hall–Kier alpha value is -0.590. The van der Waals surface area contributed by atoms with Crippen LogP contribution in [-0.4, -0.2) is 33.0 Å². The molecular weight excluding hydrogens is 316 g/mol. The van der Waals surface area contributed by atoms with Crippen LogP contribution in [0.15, 0.2) is 22.7 Å². The third-order valence-electron chi connectivity index (χ3n) is 3.17. The van der Waals surface area contributed by atoms with Crippen molar-refractivity contribution < 1.29 is 8.42 Å². The summed E-state index contributed by atoms with van der Waals surface area (Å²) in [5.74, 6) is 0.440. The number of anilines is 1. The van der Waals surface area contributed by atoms with Gasteiger partial charge in [-0.3, -0.25) is 0 Å². The predicted octanol–water partition coefficient (Wildman–Crippen LogP) is 1.70. The summed E-state index contributed by atoms with van der Waals surface area (Å²) in [7, 11) is -2.85. The highest BCUT2D eigenvalue weighted by molar-refractivity contribution is 9.10. The monoisotopic (exact) mass is 332 g/mol. The molecule has 0 spiro atoms. The van der Waals surface area contributed by atoms with Gasteiger partial charge in [-0.1, -0.05) is 22.0 Å². The first-order valence-corrected chi connectivity index (χ1v) is 8.51. The highest BCUT2D eigenvalue weighted by atomic mass is 79.9. The molecule has 4 nitrogen and oxygen atoms in total. The predicted molar refractivity (Wildman–Crippen MR) is 77.6 cm³/mol. The van der Waals surface area contributed by atoms with Gasteiger partial charge in [-0.15, -0.1) is 0 Å². The van der Waals surface area contributed by atoms with Crippen molar-refractivity contribution in [1.29, 1.82) is 0 Å². The number of hydrogen-bond acceptors (Lipinski definition) is 4. The van der Waals surface area contributed by atoms with Crippen LogP contribution in [0.4, 0.5) is 5.69 Å². The number of benzene rings is 1. The summed E-state index contributed by atoms with van der Waals surface area (Å²) in [5, 5.41) is 0. The molecule has 0 aromatic heterocycles. The SMILES string of the molecule is CC(N)c1ccc(Br)cc1N1CCS(=O)(=O)CC1. The zero-order valence-corrected chi connectivity index (χ0v) is 12.7. The minimum atomic E-state index is -2.85. The Kier molecular flexibility index (Phi) is 3.99. The van der Waals surface area contributed by atoms with E-state index in [4.69, 9.17) is 5.73 Å². The molecule has 100 valence electrons. The highest BCUT2D eigenvalue weighted by Crippen LogP contribution is 2.29. The topological polar surface area (TPSA) is 63.4 Å². The lowest BCUT2D eigenvalue weighted by Gasteiger charge is -2.31. The van der Waals surface area contributed by atoms with Crippen LogP contribution in [0.5, 0.6) is 0 Å². The van der Waals surface area contributed by atoms with Crippen molar-refractivity contribution in [2.24, 2.45) is 5.73 Å². The van der Waals surface area contributed by atoms with E-state index in [9.17, 15) is 8.42 Å². The van der Waals surface area contributed by atoms with E-state index in [0.717, 1.165) is 15.7 Å². The van der Waals surface area contributed by atoms with Gasteiger partial charge in [-0.05, 0) is 24.6 Å². The molecule has 0 amide bonds. The molecule has 1 aliphatic rings. The maximum absolute atomic E-state index is 11.5. The standard InChI is InChI=1S/C12H17BrN2O2S/c1-9(14)11-3-2-10(13)8-12(11)15-4-6-18(16,17)7-5-15/h2-3,8-9H,4-7,14H2,1H3. The molecule has 0 saturated carbocycles. The fourth-order valence-corrected chi connectivity index (χ4v) is 3.68. The van der Waals surface area contributed by atoms with Crippen LogP contribution in [-0.2, 0) is 9.84 Å². The Bertz CT molecular complexity index is 529. The van der Waals surface area contributed by atoms with Gasteiger partial charge >= 0.3 is 0 Å². The Balaban J connectivity index is 2.30. The second-order valence-corrected chi connectivity index (χ2v) is 7.85. The maximum Gasteiger partial charge on any atom is 0.153 e. The average molecular weight is 333 g/mol. The molecule has 1 aromatic rings. The fraction of sp³-hybridized carbons (Fsp3) is 0.500. The second kappa shape index (κ2) is 5.19. The zero-order valence-electron chi connectivity index (χ0n) is 10.3. The summed E-state index contributed by atoms with van der Waals surface area (Å²) < 4.78 is 23.9. The molecule has 1 atom stereocenters. The fourth-order valence-electron chi connectivity index (χ4n) is 2.13. The van der Waals surface area contributed by atoms with Gasteiger partial charge in [0.05, 0.1) is 11.5 Å². The van der Waals surface area contributed by atoms with Gasteiger partial charge in [-0.2, -0.15) is 0 Å². The van der Waals surface area contributed by atoms with E-state index in [2.05, 4.69) is 20.8 Å². The first-order valence-electron chi connectivity index (χ1n) is 5.89. The lowest BCUT2D eigenvalue weighted by atomic mass is 10.1. The Morgan fingerprint density at radius 3 is 2.50 bits per heavy atom. The van der Waals surface area contributed by atoms with E-state index in [-0.39, 0.29) is 17.5 Å². The van der Waals surface area contributed by atoms with Crippen LogP contribution in [0.1, 0.15) is 18.5 Å². The Morgan fingerprint density at radius 1 is 1.33 bits per heavy atom. The molecule has 2 N–H and O–H groups in total. The summed E-state index contributed by atoms with van der Waals surface area (Å²) in [6.07, 6.45) is 0. The second-order valence-electron chi connectivity index (χ2n) is 4.63. The van der Waals surface area contributed by atoms with Crippen molar-refractivity contribution in [2.45, 2.75) is 13.0 Å². The van der Waals surface area contributed by atoms with Crippen LogP contribution in [0.25, 0.3) is 0 Å². The van der Waals surface area contributed by atoms with Crippen LogP contribution < -0.4 is 10.6 Å². The summed E-state index contributed by atoms with van der Waals surface area (Å²) in [4.78, 5) is 2.10. The van der Waals surface area contributed by atoms with Crippen molar-refractivity contribution in [3.63, 3.8) is 0 Å². The minimum absolute atomic E-state index is 0.0633. The molecule has 18 heavy (non-hydrogen) atoms. The van der Waals surface area contributed by atoms with E-state index < -0.39 is 9.84 Å². The van der Waals surface area contributed by atoms with Crippen LogP contribution in [0.2, 0.25) is 0 Å². The quantitative estimate of drug-likeness (QED) is 0.895. The number of hydrogen-bond donors (Lipinski definition) is 1. The van der Waals surface area contributed by atoms with Gasteiger partial charge in [0.15, 0.2) is 9.84 Å². The summed E-state index contributed by atoms with van der Waals surface area (Å²) in [6.45, 7) is 3.02. The lowest BCUT2D eigenvalue weighted by Crippen LogP contribution is -2.41. The summed E-state index contributed by atoms with van der Waals surface area (Å²) in [5.41, 5.74) is 8.05. The number of nitrogens with zero attached hydrogens (tertiary/aromatic N) is 1. The molecule has 1 heterocycles. The molecule has 1 fully saturated rings. The lowest BCUT2D eigenvalue weighted by molar-refractivity contribution is 0.586. The smallest absolute Gasteiger partial charge is 0.153 e. The summed E-state index contributed by atoms with van der Waals surface area (Å²) in [6, 6.07) is 5.90. The van der Waals surface area contributed by atoms with Gasteiger partial charge in [0, 0.05) is 29.3 Å². The number of sulfone groups is 1. The van der Waals surface area contributed by atoms with E-state index in [1.54, 1.807) is 0 Å². The van der Waals surface area contributed by atoms with Gasteiger partial charge < -0.3 is 10.6 Å². The number of halogens is 1. The van der Waals surface area contributed by atoms with Crippen molar-refractivity contribution in [1.82, 2.24) is 0 Å². The third-order valence-corrected chi connectivity index (χ3v) is 5.27. The molecule has 0 aliphatic carbocycles. The molecule has 1 aromatic carbocycles.